The maximum absolute atomic E-state index is 15.1. The summed E-state index contributed by atoms with van der Waals surface area (Å²) in [7, 11) is 0. The van der Waals surface area contributed by atoms with Crippen molar-refractivity contribution in [2.45, 2.75) is 89.9 Å². The number of hydrogen-bond acceptors (Lipinski definition) is 2. The van der Waals surface area contributed by atoms with Crippen LogP contribution >= 0.6 is 11.3 Å². The molecule has 0 atom stereocenters. The van der Waals surface area contributed by atoms with Crippen molar-refractivity contribution >= 4 is 21.4 Å². The van der Waals surface area contributed by atoms with E-state index < -0.39 is 0 Å². The molecule has 1 nitrogen and oxygen atoms in total. The van der Waals surface area contributed by atoms with Crippen LogP contribution in [0.25, 0.3) is 10.1 Å². The van der Waals surface area contributed by atoms with Crippen LogP contribution in [0.2, 0.25) is 0 Å². The number of rotatable bonds is 7. The zero-order chi connectivity index (χ0) is 23.5. The molecule has 3 heteroatoms. The molecule has 0 N–H and O–H groups in total. The summed E-state index contributed by atoms with van der Waals surface area (Å²) in [6.45, 7) is 5.18. The van der Waals surface area contributed by atoms with Gasteiger partial charge in [-0.3, -0.25) is 0 Å². The summed E-state index contributed by atoms with van der Waals surface area (Å²) in [6, 6.07) is 14.8. The van der Waals surface area contributed by atoms with Gasteiger partial charge in [0.05, 0.1) is 6.61 Å². The van der Waals surface area contributed by atoms with Crippen LogP contribution in [0.15, 0.2) is 42.5 Å². The molecule has 2 saturated carbocycles. The third-order valence-corrected chi connectivity index (χ3v) is 9.65. The van der Waals surface area contributed by atoms with Crippen LogP contribution in [0, 0.1) is 24.6 Å². The Bertz CT molecular complexity index is 1090. The van der Waals surface area contributed by atoms with Gasteiger partial charge in [0, 0.05) is 15.6 Å². The first-order valence-electron chi connectivity index (χ1n) is 13.5. The van der Waals surface area contributed by atoms with Crippen molar-refractivity contribution in [2.75, 3.05) is 6.61 Å². The maximum Gasteiger partial charge on any atom is 0.130 e. The standard InChI is InChI=1S/C31H39FOS/c1-3-4-22-6-8-23(9-7-22)20-33-27-15-16-28(29(32)19-27)24-11-13-25(14-12-24)31-18-26-10-5-21(2)17-30(26)34-31/h5,10,15-19,22-25H,3-4,6-9,11-14,20H2,1-2H3. The quantitative estimate of drug-likeness (QED) is 0.328. The molecule has 34 heavy (non-hydrogen) atoms. The van der Waals surface area contributed by atoms with E-state index in [2.05, 4.69) is 38.1 Å². The Balaban J connectivity index is 1.14. The van der Waals surface area contributed by atoms with E-state index in [1.165, 1.54) is 59.1 Å². The molecule has 0 bridgehead atoms. The average Bonchev–Trinajstić information content (AvgIpc) is 3.27. The third-order valence-electron chi connectivity index (χ3n) is 8.38. The Morgan fingerprint density at radius 2 is 1.59 bits per heavy atom. The van der Waals surface area contributed by atoms with Crippen molar-refractivity contribution in [2.24, 2.45) is 11.8 Å². The number of halogens is 1. The molecule has 5 rings (SSSR count). The summed E-state index contributed by atoms with van der Waals surface area (Å²) in [5.74, 6) is 3.11. The molecule has 2 aliphatic rings. The number of benzene rings is 2. The Labute approximate surface area is 208 Å². The second kappa shape index (κ2) is 10.8. The van der Waals surface area contributed by atoms with Crippen molar-refractivity contribution in [3.05, 3.63) is 64.3 Å². The molecule has 2 aliphatic carbocycles. The molecule has 182 valence electrons. The van der Waals surface area contributed by atoms with Gasteiger partial charge in [0.2, 0.25) is 0 Å². The van der Waals surface area contributed by atoms with E-state index in [-0.39, 0.29) is 5.82 Å². The van der Waals surface area contributed by atoms with Crippen LogP contribution in [0.1, 0.15) is 99.0 Å². The molecule has 0 unspecified atom stereocenters. The first-order chi connectivity index (χ1) is 16.6. The highest BCUT2D eigenvalue weighted by Crippen LogP contribution is 2.44. The highest BCUT2D eigenvalue weighted by molar-refractivity contribution is 7.19. The molecular formula is C31H39FOS. The smallest absolute Gasteiger partial charge is 0.130 e. The Morgan fingerprint density at radius 3 is 2.32 bits per heavy atom. The van der Waals surface area contributed by atoms with Crippen LogP contribution in [-0.2, 0) is 0 Å². The average molecular weight is 479 g/mol. The van der Waals surface area contributed by atoms with Gasteiger partial charge in [0.15, 0.2) is 0 Å². The summed E-state index contributed by atoms with van der Waals surface area (Å²) in [6.07, 6.45) is 12.3. The topological polar surface area (TPSA) is 9.23 Å². The zero-order valence-corrected chi connectivity index (χ0v) is 21.6. The minimum Gasteiger partial charge on any atom is -0.493 e. The van der Waals surface area contributed by atoms with Crippen LogP contribution in [0.4, 0.5) is 4.39 Å². The molecule has 0 radical (unpaired) electrons. The first kappa shape index (κ1) is 23.9. The van der Waals surface area contributed by atoms with Gasteiger partial charge in [0.25, 0.3) is 0 Å². The lowest BCUT2D eigenvalue weighted by molar-refractivity contribution is 0.178. The molecule has 0 amide bonds. The van der Waals surface area contributed by atoms with E-state index in [1.807, 2.05) is 23.5 Å². The normalized spacial score (nSPS) is 25.5. The molecule has 3 aromatic rings. The van der Waals surface area contributed by atoms with Crippen LogP contribution in [-0.4, -0.2) is 6.61 Å². The maximum atomic E-state index is 15.1. The molecule has 2 fully saturated rings. The lowest BCUT2D eigenvalue weighted by atomic mass is 9.78. The highest BCUT2D eigenvalue weighted by atomic mass is 32.1. The predicted molar refractivity (Wildman–Crippen MR) is 143 cm³/mol. The minimum atomic E-state index is -0.0788. The van der Waals surface area contributed by atoms with Gasteiger partial charge in [-0.2, -0.15) is 0 Å². The van der Waals surface area contributed by atoms with Crippen LogP contribution in [0.5, 0.6) is 5.75 Å². The fourth-order valence-corrected chi connectivity index (χ4v) is 7.62. The Morgan fingerprint density at radius 1 is 0.853 bits per heavy atom. The molecular weight excluding hydrogens is 439 g/mol. The summed E-state index contributed by atoms with van der Waals surface area (Å²) in [5.41, 5.74) is 2.21. The predicted octanol–water partition coefficient (Wildman–Crippen LogP) is 9.78. The van der Waals surface area contributed by atoms with Crippen molar-refractivity contribution in [1.82, 2.24) is 0 Å². The van der Waals surface area contributed by atoms with Gasteiger partial charge in [-0.05, 0) is 104 Å². The summed E-state index contributed by atoms with van der Waals surface area (Å²) in [4.78, 5) is 1.51. The Kier molecular flexibility index (Phi) is 7.58. The molecule has 0 aliphatic heterocycles. The van der Waals surface area contributed by atoms with Crippen molar-refractivity contribution in [3.63, 3.8) is 0 Å². The van der Waals surface area contributed by atoms with E-state index in [9.17, 15) is 0 Å². The van der Waals surface area contributed by atoms with Gasteiger partial charge < -0.3 is 4.74 Å². The number of aryl methyl sites for hydroxylation is 1. The number of ether oxygens (including phenoxy) is 1. The SMILES string of the molecule is CCCC1CCC(COc2ccc(C3CCC(c4cc5ccc(C)cc5s4)CC3)c(F)c2)CC1. The second-order valence-electron chi connectivity index (χ2n) is 10.9. The van der Waals surface area contributed by atoms with Crippen molar-refractivity contribution < 1.29 is 9.13 Å². The zero-order valence-electron chi connectivity index (χ0n) is 20.8. The van der Waals surface area contributed by atoms with E-state index in [0.717, 1.165) is 43.8 Å². The van der Waals surface area contributed by atoms with Gasteiger partial charge in [-0.1, -0.05) is 50.8 Å². The molecule has 0 saturated heterocycles. The number of fused-ring (bicyclic) bond motifs is 1. The minimum absolute atomic E-state index is 0.0788. The summed E-state index contributed by atoms with van der Waals surface area (Å²) < 4.78 is 22.5. The lowest BCUT2D eigenvalue weighted by Gasteiger charge is -2.29. The molecule has 2 aromatic carbocycles. The highest BCUT2D eigenvalue weighted by Gasteiger charge is 2.27. The number of thiophene rings is 1. The van der Waals surface area contributed by atoms with Crippen LogP contribution < -0.4 is 4.74 Å². The Hall–Kier alpha value is -1.87. The summed E-state index contributed by atoms with van der Waals surface area (Å²) >= 11 is 1.95. The third kappa shape index (κ3) is 5.51. The van der Waals surface area contributed by atoms with Gasteiger partial charge >= 0.3 is 0 Å². The number of hydrogen-bond donors (Lipinski definition) is 0. The first-order valence-corrected chi connectivity index (χ1v) is 14.3. The van der Waals surface area contributed by atoms with Gasteiger partial charge in [0.1, 0.15) is 11.6 Å². The van der Waals surface area contributed by atoms with Gasteiger partial charge in [-0.15, -0.1) is 11.3 Å². The second-order valence-corrected chi connectivity index (χ2v) is 12.0. The lowest BCUT2D eigenvalue weighted by Crippen LogP contribution is -2.20. The van der Waals surface area contributed by atoms with E-state index in [4.69, 9.17) is 4.74 Å². The fourth-order valence-electron chi connectivity index (χ4n) is 6.29. The van der Waals surface area contributed by atoms with E-state index in [1.54, 1.807) is 6.07 Å². The monoisotopic (exact) mass is 478 g/mol. The molecule has 1 heterocycles. The van der Waals surface area contributed by atoms with Crippen molar-refractivity contribution in [1.29, 1.82) is 0 Å². The van der Waals surface area contributed by atoms with Crippen molar-refractivity contribution in [3.8, 4) is 5.75 Å². The van der Waals surface area contributed by atoms with Crippen LogP contribution in [0.3, 0.4) is 0 Å². The molecule has 0 spiro atoms. The summed E-state index contributed by atoms with van der Waals surface area (Å²) in [5, 5.41) is 1.36. The van der Waals surface area contributed by atoms with E-state index >= 15 is 4.39 Å². The molecule has 1 aromatic heterocycles. The largest absolute Gasteiger partial charge is 0.493 e. The van der Waals surface area contributed by atoms with E-state index in [0.29, 0.717) is 23.5 Å². The van der Waals surface area contributed by atoms with Gasteiger partial charge in [-0.25, -0.2) is 4.39 Å². The fraction of sp³-hybridized carbons (Fsp3) is 0.548.